The maximum absolute atomic E-state index is 9.35. The molecule has 0 aliphatic carbocycles. The Kier molecular flexibility index (Phi) is 2.60. The summed E-state index contributed by atoms with van der Waals surface area (Å²) in [6.07, 6.45) is 0. The normalized spacial score (nSPS) is 10.0. The highest BCUT2D eigenvalue weighted by molar-refractivity contribution is 14.1. The lowest BCUT2D eigenvalue weighted by Gasteiger charge is -2.13. The number of benzene rings is 1. The van der Waals surface area contributed by atoms with Crippen molar-refractivity contribution >= 4 is 39.9 Å². The summed E-state index contributed by atoms with van der Waals surface area (Å²) >= 11 is 1.85. The average Bonchev–Trinajstić information content (AvgIpc) is 2.13. The van der Waals surface area contributed by atoms with Gasteiger partial charge in [0.1, 0.15) is 5.69 Å². The summed E-state index contributed by atoms with van der Waals surface area (Å²) in [7, 11) is 0. The van der Waals surface area contributed by atoms with Crippen molar-refractivity contribution in [2.45, 2.75) is 6.92 Å². The van der Waals surface area contributed by atoms with E-state index in [0.717, 1.165) is 0 Å². The summed E-state index contributed by atoms with van der Waals surface area (Å²) < 4.78 is 2.72. The van der Waals surface area contributed by atoms with Gasteiger partial charge in [-0.1, -0.05) is 0 Å². The SMILES string of the molecule is Cc1c(N)c(NI)c(N)c(O)c1O. The Hall–Kier alpha value is -1.05. The largest absolute Gasteiger partial charge is 0.504 e. The molecule has 1 aromatic carbocycles. The number of rotatable bonds is 1. The standard InChI is InChI=1S/C7H10IN3O2/c1-2-3(9)5(11-8)4(10)7(13)6(2)12/h11-13H,9-10H2,1H3. The Morgan fingerprint density at radius 3 is 2.15 bits per heavy atom. The minimum atomic E-state index is -0.342. The molecule has 0 saturated heterocycles. The molecule has 7 N–H and O–H groups in total. The quantitative estimate of drug-likeness (QED) is 0.177. The maximum Gasteiger partial charge on any atom is 0.183 e. The number of aromatic hydroxyl groups is 2. The van der Waals surface area contributed by atoms with Crippen LogP contribution in [0.25, 0.3) is 0 Å². The first-order valence-electron chi connectivity index (χ1n) is 3.46. The van der Waals surface area contributed by atoms with Crippen LogP contribution in [0.15, 0.2) is 0 Å². The summed E-state index contributed by atoms with van der Waals surface area (Å²) in [5, 5.41) is 18.7. The van der Waals surface area contributed by atoms with Gasteiger partial charge >= 0.3 is 0 Å². The fourth-order valence-electron chi connectivity index (χ4n) is 0.986. The molecule has 0 fully saturated rings. The molecule has 13 heavy (non-hydrogen) atoms. The van der Waals surface area contributed by atoms with Gasteiger partial charge in [0.2, 0.25) is 0 Å². The van der Waals surface area contributed by atoms with Crippen molar-refractivity contribution in [1.82, 2.24) is 0 Å². The molecule has 5 nitrogen and oxygen atoms in total. The number of phenolic OH excluding ortho intramolecular Hbond substituents is 2. The number of anilines is 3. The van der Waals surface area contributed by atoms with Gasteiger partial charge in [-0.15, -0.1) is 0 Å². The second kappa shape index (κ2) is 3.36. The Labute approximate surface area is 89.2 Å². The van der Waals surface area contributed by atoms with Crippen molar-refractivity contribution in [2.24, 2.45) is 0 Å². The maximum atomic E-state index is 9.35. The first kappa shape index (κ1) is 10.0. The summed E-state index contributed by atoms with van der Waals surface area (Å²) in [6, 6.07) is 0. The van der Waals surface area contributed by atoms with Crippen LogP contribution < -0.4 is 15.0 Å². The number of hydrogen-bond donors (Lipinski definition) is 5. The van der Waals surface area contributed by atoms with Gasteiger partial charge in [0, 0.05) is 5.56 Å². The van der Waals surface area contributed by atoms with Gasteiger partial charge in [-0.05, 0) is 6.92 Å². The smallest absolute Gasteiger partial charge is 0.183 e. The zero-order valence-corrected chi connectivity index (χ0v) is 9.08. The molecule has 1 aromatic rings. The Balaban J connectivity index is 3.56. The molecule has 0 spiro atoms. The highest BCUT2D eigenvalue weighted by atomic mass is 127. The Bertz CT molecular complexity index is 325. The Morgan fingerprint density at radius 2 is 1.69 bits per heavy atom. The molecule has 0 aromatic heterocycles. The topological polar surface area (TPSA) is 105 Å². The van der Waals surface area contributed by atoms with Crippen LogP contribution in [0.1, 0.15) is 5.56 Å². The fourth-order valence-corrected chi connectivity index (χ4v) is 1.57. The molecule has 6 heteroatoms. The molecular formula is C7H10IN3O2. The second-order valence-corrected chi connectivity index (χ2v) is 3.16. The van der Waals surface area contributed by atoms with Crippen LogP contribution in [0.5, 0.6) is 11.5 Å². The minimum Gasteiger partial charge on any atom is -0.504 e. The van der Waals surface area contributed by atoms with E-state index in [-0.39, 0.29) is 17.2 Å². The van der Waals surface area contributed by atoms with Gasteiger partial charge in [0.15, 0.2) is 11.5 Å². The monoisotopic (exact) mass is 295 g/mol. The van der Waals surface area contributed by atoms with E-state index in [0.29, 0.717) is 16.9 Å². The first-order valence-corrected chi connectivity index (χ1v) is 4.54. The van der Waals surface area contributed by atoms with Crippen LogP contribution in [0, 0.1) is 6.92 Å². The van der Waals surface area contributed by atoms with Gasteiger partial charge in [-0.25, -0.2) is 0 Å². The molecule has 0 amide bonds. The van der Waals surface area contributed by atoms with Crippen LogP contribution in [-0.4, -0.2) is 10.2 Å². The van der Waals surface area contributed by atoms with E-state index in [1.807, 2.05) is 22.9 Å². The van der Waals surface area contributed by atoms with E-state index < -0.39 is 0 Å². The fraction of sp³-hybridized carbons (Fsp3) is 0.143. The third-order valence-electron chi connectivity index (χ3n) is 1.87. The molecule has 0 bridgehead atoms. The van der Waals surface area contributed by atoms with Crippen molar-refractivity contribution in [3.8, 4) is 11.5 Å². The molecule has 72 valence electrons. The van der Waals surface area contributed by atoms with E-state index >= 15 is 0 Å². The van der Waals surface area contributed by atoms with Crippen molar-refractivity contribution in [1.29, 1.82) is 0 Å². The second-order valence-electron chi connectivity index (χ2n) is 2.62. The average molecular weight is 295 g/mol. The number of hydrogen-bond acceptors (Lipinski definition) is 5. The van der Waals surface area contributed by atoms with Crippen molar-refractivity contribution in [3.05, 3.63) is 5.56 Å². The van der Waals surface area contributed by atoms with Crippen molar-refractivity contribution in [3.63, 3.8) is 0 Å². The van der Waals surface area contributed by atoms with E-state index in [2.05, 4.69) is 3.53 Å². The van der Waals surface area contributed by atoms with Crippen LogP contribution in [0.3, 0.4) is 0 Å². The van der Waals surface area contributed by atoms with E-state index in [1.54, 1.807) is 6.92 Å². The third-order valence-corrected chi connectivity index (χ3v) is 2.41. The van der Waals surface area contributed by atoms with E-state index in [1.165, 1.54) is 0 Å². The van der Waals surface area contributed by atoms with Gasteiger partial charge in [0.25, 0.3) is 0 Å². The molecule has 0 aliphatic rings. The molecule has 0 saturated carbocycles. The number of nitrogens with one attached hydrogen (secondary N) is 1. The lowest BCUT2D eigenvalue weighted by molar-refractivity contribution is 0.403. The zero-order valence-electron chi connectivity index (χ0n) is 6.93. The minimum absolute atomic E-state index is 0.0509. The molecule has 0 unspecified atom stereocenters. The summed E-state index contributed by atoms with van der Waals surface area (Å²) in [5.41, 5.74) is 12.4. The Morgan fingerprint density at radius 1 is 1.15 bits per heavy atom. The highest BCUT2D eigenvalue weighted by Gasteiger charge is 2.16. The lowest BCUT2D eigenvalue weighted by Crippen LogP contribution is -2.00. The van der Waals surface area contributed by atoms with Gasteiger partial charge in [-0.3, -0.25) is 0 Å². The molecule has 0 aliphatic heterocycles. The zero-order chi connectivity index (χ0) is 10.2. The third kappa shape index (κ3) is 1.41. The van der Waals surface area contributed by atoms with Gasteiger partial charge in [0.05, 0.1) is 34.2 Å². The summed E-state index contributed by atoms with van der Waals surface area (Å²) in [6.45, 7) is 1.60. The molecule has 0 radical (unpaired) electrons. The number of halogens is 1. The molecule has 0 heterocycles. The van der Waals surface area contributed by atoms with E-state index in [9.17, 15) is 10.2 Å². The molecular weight excluding hydrogens is 285 g/mol. The number of phenols is 2. The van der Waals surface area contributed by atoms with E-state index in [4.69, 9.17) is 11.5 Å². The van der Waals surface area contributed by atoms with Crippen molar-refractivity contribution < 1.29 is 10.2 Å². The lowest BCUT2D eigenvalue weighted by atomic mass is 10.1. The predicted molar refractivity (Wildman–Crippen MR) is 61.0 cm³/mol. The summed E-state index contributed by atoms with van der Waals surface area (Å²) in [4.78, 5) is 0. The van der Waals surface area contributed by atoms with Gasteiger partial charge < -0.3 is 25.2 Å². The van der Waals surface area contributed by atoms with Gasteiger partial charge in [-0.2, -0.15) is 0 Å². The van der Waals surface area contributed by atoms with Crippen LogP contribution >= 0.6 is 22.9 Å². The van der Waals surface area contributed by atoms with Crippen molar-refractivity contribution in [2.75, 3.05) is 15.0 Å². The first-order chi connectivity index (χ1) is 6.00. The number of nitrogen functional groups attached to an aromatic ring is 2. The number of nitrogens with two attached hydrogens (primary N) is 2. The highest BCUT2D eigenvalue weighted by Crippen LogP contribution is 2.45. The predicted octanol–water partition coefficient (Wildman–Crippen LogP) is 1.33. The molecule has 1 rings (SSSR count). The van der Waals surface area contributed by atoms with Crippen LogP contribution in [-0.2, 0) is 0 Å². The van der Waals surface area contributed by atoms with Crippen LogP contribution in [0.2, 0.25) is 0 Å². The molecule has 0 atom stereocenters. The summed E-state index contributed by atoms with van der Waals surface area (Å²) in [5.74, 6) is -0.615. The van der Waals surface area contributed by atoms with Crippen LogP contribution in [0.4, 0.5) is 17.1 Å².